The minimum Gasteiger partial charge on any atom is -0.493 e. The van der Waals surface area contributed by atoms with Gasteiger partial charge in [0.2, 0.25) is 0 Å². The lowest BCUT2D eigenvalue weighted by molar-refractivity contribution is 0.148. The van der Waals surface area contributed by atoms with E-state index >= 15 is 0 Å². The zero-order valence-corrected chi connectivity index (χ0v) is 22.5. The number of nitrogens with zero attached hydrogens (tertiary/aromatic N) is 6. The summed E-state index contributed by atoms with van der Waals surface area (Å²) >= 11 is 0. The summed E-state index contributed by atoms with van der Waals surface area (Å²) in [5.41, 5.74) is 1.13. The zero-order valence-electron chi connectivity index (χ0n) is 22.5. The lowest BCUT2D eigenvalue weighted by atomic mass is 10.0. The lowest BCUT2D eigenvalue weighted by Gasteiger charge is -2.31. The second-order valence-corrected chi connectivity index (χ2v) is 9.35. The van der Waals surface area contributed by atoms with E-state index in [0.717, 1.165) is 38.5 Å². The fraction of sp³-hybridized carbons (Fsp3) is 0.414. The first-order valence-corrected chi connectivity index (χ1v) is 13.0. The second kappa shape index (κ2) is 12.6. The highest BCUT2D eigenvalue weighted by Crippen LogP contribution is 2.43. The Hall–Kier alpha value is -5.13. The van der Waals surface area contributed by atoms with Crippen molar-refractivity contribution in [3.63, 3.8) is 0 Å². The molecule has 0 radical (unpaired) electrons. The average molecular weight is 541 g/mol. The molecule has 0 unspecified atom stereocenters. The maximum atomic E-state index is 13.2. The molecule has 2 saturated heterocycles. The van der Waals surface area contributed by atoms with Gasteiger partial charge in [-0.1, -0.05) is 0 Å². The highest BCUT2D eigenvalue weighted by atomic mass is 16.7. The van der Waals surface area contributed by atoms with Crippen LogP contribution in [0.2, 0.25) is 0 Å². The van der Waals surface area contributed by atoms with Crippen LogP contribution in [0.3, 0.4) is 0 Å². The first kappa shape index (κ1) is 27.9. The van der Waals surface area contributed by atoms with E-state index in [4.69, 9.17) is 18.9 Å². The summed E-state index contributed by atoms with van der Waals surface area (Å²) in [6.45, 7) is 2.58. The Bertz CT molecular complexity index is 1360. The second-order valence-electron chi connectivity index (χ2n) is 9.35. The van der Waals surface area contributed by atoms with Crippen molar-refractivity contribution >= 4 is 17.5 Å². The van der Waals surface area contributed by atoms with Gasteiger partial charge in [-0.2, -0.15) is 21.0 Å². The van der Waals surface area contributed by atoms with Gasteiger partial charge in [-0.25, -0.2) is 4.79 Å². The van der Waals surface area contributed by atoms with Crippen molar-refractivity contribution < 1.29 is 23.7 Å². The summed E-state index contributed by atoms with van der Waals surface area (Å²) in [5, 5.41) is 39.8. The number of hydrogen-bond acceptors (Lipinski definition) is 11. The van der Waals surface area contributed by atoms with E-state index in [1.807, 2.05) is 9.80 Å². The third-order valence-electron chi connectivity index (χ3n) is 7.06. The highest BCUT2D eigenvalue weighted by molar-refractivity contribution is 5.82. The standard InChI is InChI=1S/C29H28N6O5/c1-37-23-13-19(15-30)25(34-9-5-3-6-10-34)21(17-32)27(23)39-29(36)40-28-22(18-33)26(35-11-7-4-8-12-35)20(16-31)14-24(28)38-2/h13-14H,3-12H2,1-2H3. The third-order valence-corrected chi connectivity index (χ3v) is 7.06. The van der Waals surface area contributed by atoms with Crippen LogP contribution in [0.4, 0.5) is 16.2 Å². The summed E-state index contributed by atoms with van der Waals surface area (Å²) in [4.78, 5) is 17.1. The van der Waals surface area contributed by atoms with E-state index in [1.54, 1.807) is 0 Å². The van der Waals surface area contributed by atoms with Gasteiger partial charge in [0.05, 0.1) is 36.7 Å². The van der Waals surface area contributed by atoms with E-state index in [2.05, 4.69) is 24.3 Å². The Balaban J connectivity index is 1.76. The van der Waals surface area contributed by atoms with Crippen molar-refractivity contribution in [1.82, 2.24) is 0 Å². The number of benzene rings is 2. The van der Waals surface area contributed by atoms with Gasteiger partial charge < -0.3 is 28.7 Å². The topological polar surface area (TPSA) is 156 Å². The summed E-state index contributed by atoms with van der Waals surface area (Å²) in [5.74, 6) is -0.381. The SMILES string of the molecule is COc1cc(C#N)c(N2CCCCC2)c(C#N)c1OC(=O)Oc1c(OC)cc(C#N)c(N2CCCCC2)c1C#N. The normalized spacial score (nSPS) is 14.7. The Morgan fingerprint density at radius 3 is 1.32 bits per heavy atom. The summed E-state index contributed by atoms with van der Waals surface area (Å²) in [6.07, 6.45) is 4.43. The highest BCUT2D eigenvalue weighted by Gasteiger charge is 2.30. The number of hydrogen-bond donors (Lipinski definition) is 0. The fourth-order valence-electron chi connectivity index (χ4n) is 5.22. The molecule has 11 nitrogen and oxygen atoms in total. The molecule has 0 N–H and O–H groups in total. The number of carbonyl (C=O) groups excluding carboxylic acids is 1. The molecule has 0 atom stereocenters. The van der Waals surface area contributed by atoms with Crippen LogP contribution in [0.15, 0.2) is 12.1 Å². The molecule has 2 fully saturated rings. The molecule has 2 aliphatic heterocycles. The smallest absolute Gasteiger partial charge is 0.493 e. The number of rotatable bonds is 6. The summed E-state index contributed by atoms with van der Waals surface area (Å²) in [7, 11) is 2.66. The predicted molar refractivity (Wildman–Crippen MR) is 144 cm³/mol. The Morgan fingerprint density at radius 2 is 1.02 bits per heavy atom. The molecule has 0 saturated carbocycles. The van der Waals surface area contributed by atoms with Crippen molar-refractivity contribution in [3.8, 4) is 47.3 Å². The molecule has 2 aliphatic rings. The van der Waals surface area contributed by atoms with Crippen LogP contribution in [0.5, 0.6) is 23.0 Å². The molecule has 0 bridgehead atoms. The number of anilines is 2. The number of piperidine rings is 2. The molecule has 2 aromatic rings. The number of methoxy groups -OCH3 is 2. The molecular formula is C29H28N6O5. The first-order valence-electron chi connectivity index (χ1n) is 13.0. The molecule has 11 heteroatoms. The van der Waals surface area contributed by atoms with E-state index in [1.165, 1.54) is 26.4 Å². The predicted octanol–water partition coefficient (Wildman–Crippen LogP) is 4.75. The Labute approximate surface area is 232 Å². The molecule has 0 spiro atoms. The molecule has 0 aliphatic carbocycles. The Morgan fingerprint density at radius 1 is 0.650 bits per heavy atom. The van der Waals surface area contributed by atoms with Crippen LogP contribution >= 0.6 is 0 Å². The average Bonchev–Trinajstić information content (AvgIpc) is 3.00. The minimum absolute atomic E-state index is 0.00659. The zero-order chi connectivity index (χ0) is 28.6. The van der Waals surface area contributed by atoms with Crippen molar-refractivity contribution in [1.29, 1.82) is 21.0 Å². The minimum atomic E-state index is -1.24. The quantitative estimate of drug-likeness (QED) is 0.368. The molecule has 2 aromatic carbocycles. The van der Waals surface area contributed by atoms with Crippen LogP contribution in [0.1, 0.15) is 60.8 Å². The van der Waals surface area contributed by atoms with Crippen LogP contribution in [-0.2, 0) is 0 Å². The largest absolute Gasteiger partial charge is 0.519 e. The first-order chi connectivity index (χ1) is 19.5. The summed E-state index contributed by atoms with van der Waals surface area (Å²) < 4.78 is 21.8. The fourth-order valence-corrected chi connectivity index (χ4v) is 5.22. The van der Waals surface area contributed by atoms with Crippen LogP contribution in [-0.4, -0.2) is 46.6 Å². The maximum absolute atomic E-state index is 13.2. The molecule has 0 aromatic heterocycles. The van der Waals surface area contributed by atoms with E-state index < -0.39 is 6.16 Å². The van der Waals surface area contributed by atoms with Gasteiger partial charge in [0.1, 0.15) is 35.4 Å². The Kier molecular flexibility index (Phi) is 8.79. The van der Waals surface area contributed by atoms with Gasteiger partial charge in [0.25, 0.3) is 0 Å². The van der Waals surface area contributed by atoms with Gasteiger partial charge in [-0.05, 0) is 38.5 Å². The van der Waals surface area contributed by atoms with Crippen LogP contribution in [0.25, 0.3) is 0 Å². The molecule has 40 heavy (non-hydrogen) atoms. The third kappa shape index (κ3) is 5.37. The van der Waals surface area contributed by atoms with Crippen LogP contribution in [0, 0.1) is 45.3 Å². The van der Waals surface area contributed by atoms with Crippen molar-refractivity contribution in [2.45, 2.75) is 38.5 Å². The molecular weight excluding hydrogens is 512 g/mol. The molecule has 4 rings (SSSR count). The molecule has 0 amide bonds. The number of ether oxygens (including phenoxy) is 4. The van der Waals surface area contributed by atoms with Gasteiger partial charge in [-0.3, -0.25) is 0 Å². The van der Waals surface area contributed by atoms with Crippen molar-refractivity contribution in [2.75, 3.05) is 50.2 Å². The molecule has 2 heterocycles. The van der Waals surface area contributed by atoms with Gasteiger partial charge in [0, 0.05) is 38.3 Å². The van der Waals surface area contributed by atoms with Gasteiger partial charge in [0.15, 0.2) is 23.0 Å². The van der Waals surface area contributed by atoms with Gasteiger partial charge >= 0.3 is 6.16 Å². The van der Waals surface area contributed by atoms with Crippen molar-refractivity contribution in [3.05, 3.63) is 34.4 Å². The van der Waals surface area contributed by atoms with Crippen molar-refractivity contribution in [2.24, 2.45) is 0 Å². The number of carbonyl (C=O) groups is 1. The maximum Gasteiger partial charge on any atom is 0.519 e. The van der Waals surface area contributed by atoms with Gasteiger partial charge in [-0.15, -0.1) is 0 Å². The molecule has 204 valence electrons. The summed E-state index contributed by atoms with van der Waals surface area (Å²) in [6, 6.07) is 11.2. The monoisotopic (exact) mass is 540 g/mol. The van der Waals surface area contributed by atoms with E-state index in [-0.39, 0.29) is 45.3 Å². The number of nitriles is 4. The van der Waals surface area contributed by atoms with E-state index in [9.17, 15) is 25.8 Å². The van der Waals surface area contributed by atoms with Crippen LogP contribution < -0.4 is 28.7 Å². The lowest BCUT2D eigenvalue weighted by Crippen LogP contribution is -2.31. The van der Waals surface area contributed by atoms with E-state index in [0.29, 0.717) is 37.6 Å².